The molecule has 128 valence electrons. The van der Waals surface area contributed by atoms with Gasteiger partial charge in [-0.05, 0) is 32.2 Å². The third kappa shape index (κ3) is 4.27. The number of nitrogens with zero attached hydrogens (tertiary/aromatic N) is 5. The van der Waals surface area contributed by atoms with Crippen molar-refractivity contribution in [1.29, 1.82) is 0 Å². The van der Waals surface area contributed by atoms with Gasteiger partial charge in [0.15, 0.2) is 0 Å². The molecule has 0 radical (unpaired) electrons. The van der Waals surface area contributed by atoms with Crippen LogP contribution in [0.4, 0.5) is 4.79 Å². The highest BCUT2D eigenvalue weighted by molar-refractivity contribution is 5.79. The van der Waals surface area contributed by atoms with Crippen molar-refractivity contribution in [1.82, 2.24) is 9.80 Å². The lowest BCUT2D eigenvalue weighted by Crippen LogP contribution is -2.44. The first-order valence-corrected chi connectivity index (χ1v) is 7.67. The summed E-state index contributed by atoms with van der Waals surface area (Å²) in [5.74, 6) is -0.126. The van der Waals surface area contributed by atoms with Gasteiger partial charge in [-0.15, -0.1) is 0 Å². The minimum Gasteiger partial charge on any atom is -0.444 e. The van der Waals surface area contributed by atoms with Crippen LogP contribution >= 0.6 is 0 Å². The summed E-state index contributed by atoms with van der Waals surface area (Å²) in [7, 11) is 0. The Labute approximate surface area is 134 Å². The van der Waals surface area contributed by atoms with E-state index in [2.05, 4.69) is 10.0 Å². The van der Waals surface area contributed by atoms with Gasteiger partial charge in [-0.25, -0.2) is 4.79 Å². The van der Waals surface area contributed by atoms with Crippen LogP contribution in [-0.2, 0) is 9.53 Å². The first kappa shape index (κ1) is 17.4. The van der Waals surface area contributed by atoms with E-state index in [1.54, 1.807) is 25.7 Å². The van der Waals surface area contributed by atoms with E-state index < -0.39 is 23.8 Å². The van der Waals surface area contributed by atoms with Crippen LogP contribution in [0, 0.1) is 5.92 Å². The number of β-amino-alcohol motifs (C(OH)–C–C–N with tert-alkyl or cyclic N) is 1. The monoisotopic (exact) mass is 325 g/mol. The molecule has 2 amide bonds. The van der Waals surface area contributed by atoms with Gasteiger partial charge in [0.1, 0.15) is 5.60 Å². The molecule has 2 heterocycles. The Morgan fingerprint density at radius 3 is 2.74 bits per heavy atom. The molecular formula is C14H23N5O4. The Balaban J connectivity index is 1.97. The lowest BCUT2D eigenvalue weighted by atomic mass is 10.1. The summed E-state index contributed by atoms with van der Waals surface area (Å²) in [6.45, 7) is 6.41. The Morgan fingerprint density at radius 2 is 2.13 bits per heavy atom. The molecule has 3 atom stereocenters. The van der Waals surface area contributed by atoms with Gasteiger partial charge in [-0.2, -0.15) is 0 Å². The van der Waals surface area contributed by atoms with Crippen molar-refractivity contribution in [3.8, 4) is 0 Å². The second-order valence-electron chi connectivity index (χ2n) is 7.05. The Morgan fingerprint density at radius 1 is 1.43 bits per heavy atom. The summed E-state index contributed by atoms with van der Waals surface area (Å²) >= 11 is 0. The number of aliphatic hydroxyl groups is 1. The second kappa shape index (κ2) is 6.64. The first-order valence-electron chi connectivity index (χ1n) is 7.67. The molecule has 9 nitrogen and oxygen atoms in total. The average molecular weight is 325 g/mol. The third-order valence-corrected chi connectivity index (χ3v) is 3.95. The molecule has 0 aromatic rings. The van der Waals surface area contributed by atoms with Crippen LogP contribution in [0.3, 0.4) is 0 Å². The Hall–Kier alpha value is -1.99. The first-order chi connectivity index (χ1) is 10.7. The van der Waals surface area contributed by atoms with Crippen LogP contribution < -0.4 is 0 Å². The average Bonchev–Trinajstić information content (AvgIpc) is 2.97. The van der Waals surface area contributed by atoms with Gasteiger partial charge in [0.2, 0.25) is 5.91 Å². The number of rotatable bonds is 3. The molecule has 0 aromatic heterocycles. The van der Waals surface area contributed by atoms with E-state index in [0.717, 1.165) is 0 Å². The molecule has 0 bridgehead atoms. The number of carbonyl (C=O) groups is 2. The van der Waals surface area contributed by atoms with Gasteiger partial charge in [0, 0.05) is 31.0 Å². The minimum absolute atomic E-state index is 0.0406. The van der Waals surface area contributed by atoms with Gasteiger partial charge in [0.05, 0.1) is 18.7 Å². The Kier molecular flexibility index (Phi) is 5.01. The number of aliphatic hydroxyl groups excluding tert-OH is 1. The van der Waals surface area contributed by atoms with Crippen LogP contribution in [-0.4, -0.2) is 70.8 Å². The molecule has 0 spiro atoms. The summed E-state index contributed by atoms with van der Waals surface area (Å²) < 4.78 is 5.30. The van der Waals surface area contributed by atoms with E-state index in [0.29, 0.717) is 13.0 Å². The van der Waals surface area contributed by atoms with Crippen molar-refractivity contribution in [3.05, 3.63) is 10.4 Å². The molecule has 0 aromatic carbocycles. The summed E-state index contributed by atoms with van der Waals surface area (Å²) in [5, 5.41) is 13.7. The van der Waals surface area contributed by atoms with Crippen molar-refractivity contribution in [2.75, 3.05) is 26.2 Å². The van der Waals surface area contributed by atoms with E-state index >= 15 is 0 Å². The smallest absolute Gasteiger partial charge is 0.410 e. The van der Waals surface area contributed by atoms with Crippen LogP contribution in [0.5, 0.6) is 0 Å². The molecule has 2 rings (SSSR count). The van der Waals surface area contributed by atoms with Crippen LogP contribution in [0.2, 0.25) is 0 Å². The predicted octanol–water partition coefficient (Wildman–Crippen LogP) is 1.13. The molecule has 9 heteroatoms. The van der Waals surface area contributed by atoms with Gasteiger partial charge >= 0.3 is 6.09 Å². The zero-order valence-electron chi connectivity index (χ0n) is 13.7. The van der Waals surface area contributed by atoms with Crippen LogP contribution in [0.15, 0.2) is 5.11 Å². The lowest BCUT2D eigenvalue weighted by molar-refractivity contribution is -0.131. The standard InChI is InChI=1S/C14H23N5O4/c1-14(2,3)23-13(22)18-7-10(11(20)8-18)19-6-9(4-12(19)21)5-16-17-15/h9-11,20H,4-8H2,1-3H3. The normalized spacial score (nSPS) is 28.0. The van der Waals surface area contributed by atoms with Gasteiger partial charge < -0.3 is 19.6 Å². The summed E-state index contributed by atoms with van der Waals surface area (Å²) in [6, 6.07) is -0.439. The van der Waals surface area contributed by atoms with E-state index in [1.807, 2.05) is 0 Å². The van der Waals surface area contributed by atoms with Crippen molar-refractivity contribution < 1.29 is 19.4 Å². The van der Waals surface area contributed by atoms with Crippen molar-refractivity contribution in [2.45, 2.75) is 44.9 Å². The lowest BCUT2D eigenvalue weighted by Gasteiger charge is -2.27. The highest BCUT2D eigenvalue weighted by Gasteiger charge is 2.44. The Bertz CT molecular complexity index is 526. The van der Waals surface area contributed by atoms with Gasteiger partial charge in [-0.1, -0.05) is 5.11 Å². The molecular weight excluding hydrogens is 302 g/mol. The molecule has 0 saturated carbocycles. The van der Waals surface area contributed by atoms with E-state index in [9.17, 15) is 14.7 Å². The summed E-state index contributed by atoms with van der Waals surface area (Å²) in [5.41, 5.74) is 7.76. The summed E-state index contributed by atoms with van der Waals surface area (Å²) in [6.07, 6.45) is -0.990. The number of amides is 2. The molecule has 23 heavy (non-hydrogen) atoms. The van der Waals surface area contributed by atoms with E-state index in [4.69, 9.17) is 10.3 Å². The number of carbonyl (C=O) groups excluding carboxylic acids is 2. The number of hydrogen-bond acceptors (Lipinski definition) is 5. The van der Waals surface area contributed by atoms with E-state index in [-0.39, 0.29) is 31.5 Å². The highest BCUT2D eigenvalue weighted by Crippen LogP contribution is 2.26. The minimum atomic E-state index is -0.801. The molecule has 1 N–H and O–H groups in total. The molecule has 2 saturated heterocycles. The SMILES string of the molecule is CC(C)(C)OC(=O)N1CC(O)C(N2CC(CN=[N+]=[N-])CC2=O)C1. The second-order valence-corrected chi connectivity index (χ2v) is 7.05. The molecule has 0 aliphatic carbocycles. The molecule has 2 fully saturated rings. The predicted molar refractivity (Wildman–Crippen MR) is 81.4 cm³/mol. The van der Waals surface area contributed by atoms with Gasteiger partial charge in [0.25, 0.3) is 0 Å². The third-order valence-electron chi connectivity index (χ3n) is 3.95. The molecule has 2 aliphatic heterocycles. The quantitative estimate of drug-likeness (QED) is 0.475. The van der Waals surface area contributed by atoms with Crippen molar-refractivity contribution in [2.24, 2.45) is 11.0 Å². The largest absolute Gasteiger partial charge is 0.444 e. The number of likely N-dealkylation sites (tertiary alicyclic amines) is 2. The van der Waals surface area contributed by atoms with Crippen LogP contribution in [0.1, 0.15) is 27.2 Å². The fraction of sp³-hybridized carbons (Fsp3) is 0.857. The highest BCUT2D eigenvalue weighted by atomic mass is 16.6. The maximum Gasteiger partial charge on any atom is 0.410 e. The fourth-order valence-electron chi connectivity index (χ4n) is 2.95. The zero-order valence-corrected chi connectivity index (χ0v) is 13.7. The zero-order chi connectivity index (χ0) is 17.2. The fourth-order valence-corrected chi connectivity index (χ4v) is 2.95. The molecule has 3 unspecified atom stereocenters. The van der Waals surface area contributed by atoms with E-state index in [1.165, 1.54) is 4.90 Å². The maximum absolute atomic E-state index is 12.1. The topological polar surface area (TPSA) is 119 Å². The number of hydrogen-bond donors (Lipinski definition) is 1. The van der Waals surface area contributed by atoms with Crippen LogP contribution in [0.25, 0.3) is 10.4 Å². The van der Waals surface area contributed by atoms with Crippen molar-refractivity contribution >= 4 is 12.0 Å². The van der Waals surface area contributed by atoms with Crippen molar-refractivity contribution in [3.63, 3.8) is 0 Å². The number of azide groups is 1. The van der Waals surface area contributed by atoms with Gasteiger partial charge in [-0.3, -0.25) is 4.79 Å². The summed E-state index contributed by atoms with van der Waals surface area (Å²) in [4.78, 5) is 29.9. The molecule has 2 aliphatic rings. The maximum atomic E-state index is 12.1. The number of ether oxygens (including phenoxy) is 1.